The van der Waals surface area contributed by atoms with E-state index in [1.165, 1.54) is 4.31 Å². The summed E-state index contributed by atoms with van der Waals surface area (Å²) in [5, 5.41) is 3.18. The predicted octanol–water partition coefficient (Wildman–Crippen LogP) is 1.34. The van der Waals surface area contributed by atoms with Crippen molar-refractivity contribution in [3.8, 4) is 0 Å². The van der Waals surface area contributed by atoms with Crippen molar-refractivity contribution in [1.29, 1.82) is 0 Å². The third-order valence-corrected chi connectivity index (χ3v) is 12.9. The SMILES string of the molecule is CN(C)C1C(=O)C(C(=O)NC2CC3CCC(C2)N3CCCS(=O)(=O)N(C)CCN2CCN(C(=O)C3CCCO3)CC2)=Cc2ccccc21. The van der Waals surface area contributed by atoms with Gasteiger partial charge in [0.05, 0.1) is 17.4 Å². The number of nitrogens with one attached hydrogen (secondary N) is 1. The average Bonchev–Trinajstić information content (AvgIpc) is 3.69. The zero-order valence-electron chi connectivity index (χ0n) is 28.7. The van der Waals surface area contributed by atoms with E-state index in [9.17, 15) is 22.8 Å². The van der Waals surface area contributed by atoms with E-state index in [4.69, 9.17) is 4.74 Å². The Bertz CT molecular complexity index is 1470. The van der Waals surface area contributed by atoms with Gasteiger partial charge in [-0.2, -0.15) is 0 Å². The van der Waals surface area contributed by atoms with Crippen LogP contribution in [-0.4, -0.2) is 153 Å². The van der Waals surface area contributed by atoms with Gasteiger partial charge in [-0.15, -0.1) is 0 Å². The Morgan fingerprint density at radius 2 is 1.69 bits per heavy atom. The number of hydrogen-bond acceptors (Lipinski definition) is 9. The Morgan fingerprint density at radius 1 is 0.979 bits per heavy atom. The Morgan fingerprint density at radius 3 is 2.35 bits per heavy atom. The predicted molar refractivity (Wildman–Crippen MR) is 184 cm³/mol. The molecule has 264 valence electrons. The number of nitrogens with zero attached hydrogens (tertiary/aromatic N) is 5. The molecule has 0 radical (unpaired) electrons. The third kappa shape index (κ3) is 7.71. The lowest BCUT2D eigenvalue weighted by Gasteiger charge is -2.39. The van der Waals surface area contributed by atoms with Crippen LogP contribution < -0.4 is 5.32 Å². The topological polar surface area (TPSA) is 123 Å². The zero-order valence-corrected chi connectivity index (χ0v) is 29.5. The molecular formula is C35H52N6O6S. The lowest BCUT2D eigenvalue weighted by Crippen LogP contribution is -2.52. The smallest absolute Gasteiger partial charge is 0.255 e. The van der Waals surface area contributed by atoms with Crippen LogP contribution in [-0.2, 0) is 29.1 Å². The molecule has 0 aromatic heterocycles. The van der Waals surface area contributed by atoms with E-state index in [0.717, 1.165) is 62.7 Å². The number of piperazine rings is 1. The van der Waals surface area contributed by atoms with E-state index in [1.807, 2.05) is 48.2 Å². The second kappa shape index (κ2) is 15.1. The molecule has 5 aliphatic rings. The molecule has 1 aromatic rings. The highest BCUT2D eigenvalue weighted by Gasteiger charge is 2.42. The van der Waals surface area contributed by atoms with Crippen molar-refractivity contribution < 1.29 is 27.5 Å². The van der Waals surface area contributed by atoms with E-state index in [0.29, 0.717) is 57.8 Å². The monoisotopic (exact) mass is 684 g/mol. The summed E-state index contributed by atoms with van der Waals surface area (Å²) < 4.78 is 33.3. The van der Waals surface area contributed by atoms with Crippen LogP contribution in [0.2, 0.25) is 0 Å². The van der Waals surface area contributed by atoms with Gasteiger partial charge in [0.2, 0.25) is 10.0 Å². The Labute approximate surface area is 285 Å². The summed E-state index contributed by atoms with van der Waals surface area (Å²) in [6.07, 6.45) is 7.41. The maximum Gasteiger partial charge on any atom is 0.255 e. The van der Waals surface area contributed by atoms with E-state index in [2.05, 4.69) is 15.1 Å². The third-order valence-electron chi connectivity index (χ3n) is 11.0. The summed E-state index contributed by atoms with van der Waals surface area (Å²) in [5.41, 5.74) is 2.03. The number of carbonyl (C=O) groups excluding carboxylic acids is 3. The fourth-order valence-corrected chi connectivity index (χ4v) is 9.46. The van der Waals surface area contributed by atoms with Crippen LogP contribution >= 0.6 is 0 Å². The molecule has 2 bridgehead atoms. The zero-order chi connectivity index (χ0) is 34.0. The first-order chi connectivity index (χ1) is 23.0. The van der Waals surface area contributed by atoms with Gasteiger partial charge >= 0.3 is 0 Å². The van der Waals surface area contributed by atoms with Crippen LogP contribution in [0.4, 0.5) is 0 Å². The molecule has 4 unspecified atom stereocenters. The number of benzene rings is 1. The van der Waals surface area contributed by atoms with Gasteiger partial charge in [-0.25, -0.2) is 12.7 Å². The van der Waals surface area contributed by atoms with Crippen LogP contribution in [0.15, 0.2) is 29.8 Å². The average molecular weight is 685 g/mol. The molecule has 4 heterocycles. The molecule has 12 nitrogen and oxygen atoms in total. The van der Waals surface area contributed by atoms with E-state index in [-0.39, 0.29) is 41.1 Å². The number of ether oxygens (including phenoxy) is 1. The molecular weight excluding hydrogens is 632 g/mol. The summed E-state index contributed by atoms with van der Waals surface area (Å²) >= 11 is 0. The molecule has 1 aliphatic carbocycles. The van der Waals surface area contributed by atoms with Crippen LogP contribution in [0.5, 0.6) is 0 Å². The molecule has 4 fully saturated rings. The Hall–Kier alpha value is -2.68. The normalized spacial score (nSPS) is 28.2. The molecule has 13 heteroatoms. The van der Waals surface area contributed by atoms with Gasteiger partial charge in [-0.1, -0.05) is 24.3 Å². The molecule has 4 aliphatic heterocycles. The number of amides is 2. The van der Waals surface area contributed by atoms with E-state index >= 15 is 0 Å². The number of likely N-dealkylation sites (N-methyl/N-ethyl adjacent to an activating group) is 2. The van der Waals surface area contributed by atoms with Gasteiger partial charge in [0.25, 0.3) is 11.8 Å². The van der Waals surface area contributed by atoms with Gasteiger partial charge in [-0.05, 0) is 82.8 Å². The largest absolute Gasteiger partial charge is 0.368 e. The van der Waals surface area contributed by atoms with Crippen molar-refractivity contribution in [3.05, 3.63) is 41.0 Å². The summed E-state index contributed by atoms with van der Waals surface area (Å²) in [5.74, 6) is -0.282. The molecule has 0 spiro atoms. The summed E-state index contributed by atoms with van der Waals surface area (Å²) in [6, 6.07) is 7.83. The highest BCUT2D eigenvalue weighted by Crippen LogP contribution is 2.37. The van der Waals surface area contributed by atoms with Crippen molar-refractivity contribution in [3.63, 3.8) is 0 Å². The number of sulfonamides is 1. The van der Waals surface area contributed by atoms with Crippen molar-refractivity contribution in [2.45, 2.75) is 75.2 Å². The molecule has 48 heavy (non-hydrogen) atoms. The lowest BCUT2D eigenvalue weighted by molar-refractivity contribution is -0.142. The van der Waals surface area contributed by atoms with Crippen LogP contribution in [0.25, 0.3) is 6.08 Å². The minimum absolute atomic E-state index is 0.0131. The van der Waals surface area contributed by atoms with Gasteiger partial charge in [0.1, 0.15) is 6.10 Å². The maximum absolute atomic E-state index is 13.4. The highest BCUT2D eigenvalue weighted by atomic mass is 32.2. The minimum atomic E-state index is -3.39. The number of rotatable bonds is 12. The number of Topliss-reactive ketones (excluding diaryl/α,β-unsaturated/α-hetero) is 1. The number of hydrogen-bond donors (Lipinski definition) is 1. The molecule has 0 saturated carbocycles. The van der Waals surface area contributed by atoms with Gasteiger partial charge in [0.15, 0.2) is 5.78 Å². The van der Waals surface area contributed by atoms with Crippen molar-refractivity contribution in [1.82, 2.24) is 29.2 Å². The Kier molecular flexibility index (Phi) is 11.0. The van der Waals surface area contributed by atoms with E-state index < -0.39 is 16.1 Å². The first-order valence-corrected chi connectivity index (χ1v) is 19.3. The lowest BCUT2D eigenvalue weighted by atomic mass is 9.85. The molecule has 6 rings (SSSR count). The molecule has 4 saturated heterocycles. The van der Waals surface area contributed by atoms with E-state index in [1.54, 1.807) is 13.1 Å². The fourth-order valence-electron chi connectivity index (χ4n) is 8.29. The molecule has 1 N–H and O–H groups in total. The number of carbonyl (C=O) groups is 3. The summed E-state index contributed by atoms with van der Waals surface area (Å²) in [6.45, 7) is 5.24. The van der Waals surface area contributed by atoms with Gasteiger partial charge in [0, 0.05) is 71.0 Å². The number of ketones is 1. The van der Waals surface area contributed by atoms with Crippen LogP contribution in [0, 0.1) is 0 Å². The molecule has 2 amide bonds. The number of fused-ring (bicyclic) bond motifs is 3. The highest BCUT2D eigenvalue weighted by molar-refractivity contribution is 7.89. The van der Waals surface area contributed by atoms with Crippen molar-refractivity contribution >= 4 is 33.7 Å². The maximum atomic E-state index is 13.4. The van der Waals surface area contributed by atoms with Crippen molar-refractivity contribution in [2.75, 3.05) is 79.3 Å². The van der Waals surface area contributed by atoms with Crippen molar-refractivity contribution in [2.24, 2.45) is 0 Å². The summed E-state index contributed by atoms with van der Waals surface area (Å²) in [7, 11) is 1.99. The summed E-state index contributed by atoms with van der Waals surface area (Å²) in [4.78, 5) is 47.9. The minimum Gasteiger partial charge on any atom is -0.368 e. The van der Waals surface area contributed by atoms with Gasteiger partial charge in [-0.3, -0.25) is 29.1 Å². The number of piperidine rings is 1. The first kappa shape index (κ1) is 35.2. The molecule has 4 atom stereocenters. The second-order valence-corrected chi connectivity index (χ2v) is 16.5. The quantitative estimate of drug-likeness (QED) is 0.325. The molecule has 1 aromatic carbocycles. The Balaban J connectivity index is 0.932. The fraction of sp³-hybridized carbons (Fsp3) is 0.686. The second-order valence-electron chi connectivity index (χ2n) is 14.3. The standard InChI is InChI=1S/C35H52N6O6S/c1-37(2)32-29-9-5-4-8-25(29)22-30(33(32)42)34(43)36-26-23-27-11-12-28(24-26)41(27)13-7-21-48(45,46)38(3)14-15-39-16-18-40(19-17-39)35(44)31-10-6-20-47-31/h4-5,8-9,22,26-28,31-32H,6-7,10-21,23-24H2,1-3H3,(H,36,43). The van der Waals surface area contributed by atoms with Crippen LogP contribution in [0.3, 0.4) is 0 Å². The first-order valence-electron chi connectivity index (χ1n) is 17.7. The van der Waals surface area contributed by atoms with Gasteiger partial charge < -0.3 is 15.0 Å². The van der Waals surface area contributed by atoms with Crippen LogP contribution in [0.1, 0.15) is 62.1 Å².